The molecule has 8 nitrogen and oxygen atoms in total. The molecular formula is C17H19N3O5S. The predicted molar refractivity (Wildman–Crippen MR) is 96.3 cm³/mol. The second-order valence-electron chi connectivity index (χ2n) is 6.22. The summed E-state index contributed by atoms with van der Waals surface area (Å²) in [5, 5.41) is 16.9. The van der Waals surface area contributed by atoms with Crippen molar-refractivity contribution in [3.63, 3.8) is 0 Å². The Morgan fingerprint density at radius 1 is 1.31 bits per heavy atom. The highest BCUT2D eigenvalue weighted by molar-refractivity contribution is 7.14. The number of carbonyl (C=O) groups is 2. The Labute approximate surface area is 154 Å². The number of fused-ring (bicyclic) bond motifs is 1. The number of carbonyl (C=O) groups excluding carboxylic acids is 1. The molecule has 1 atom stereocenters. The molecule has 1 unspecified atom stereocenters. The minimum Gasteiger partial charge on any atom is -0.480 e. The minimum atomic E-state index is -1.05. The summed E-state index contributed by atoms with van der Waals surface area (Å²) >= 11 is 1.25. The number of ether oxygens (including phenoxy) is 2. The smallest absolute Gasteiger partial charge is 0.326 e. The van der Waals surface area contributed by atoms with Crippen LogP contribution in [0.15, 0.2) is 23.6 Å². The standard InChI is InChI=1S/C17H19N3O5S/c1-9(2)5-11(16(22)23)19-15(21)12-7-26-17(20-12)18-10-3-4-13-14(6-10)25-8-24-13/h3-4,6-7,9,11H,5,8H2,1-2H3,(H,18,20)(H,19,21)(H,22,23). The maximum atomic E-state index is 12.3. The summed E-state index contributed by atoms with van der Waals surface area (Å²) in [7, 11) is 0. The highest BCUT2D eigenvalue weighted by Gasteiger charge is 2.23. The van der Waals surface area contributed by atoms with E-state index in [9.17, 15) is 14.7 Å². The third-order valence-electron chi connectivity index (χ3n) is 3.67. The van der Waals surface area contributed by atoms with Gasteiger partial charge >= 0.3 is 5.97 Å². The molecule has 1 aromatic carbocycles. The molecule has 0 radical (unpaired) electrons. The van der Waals surface area contributed by atoms with E-state index < -0.39 is 17.9 Å². The Bertz CT molecular complexity index is 820. The number of nitrogens with one attached hydrogen (secondary N) is 2. The van der Waals surface area contributed by atoms with Crippen LogP contribution in [-0.2, 0) is 4.79 Å². The van der Waals surface area contributed by atoms with Crippen LogP contribution in [0, 0.1) is 5.92 Å². The van der Waals surface area contributed by atoms with Crippen molar-refractivity contribution in [2.45, 2.75) is 26.3 Å². The van der Waals surface area contributed by atoms with E-state index in [1.165, 1.54) is 11.3 Å². The number of thiazole rings is 1. The fourth-order valence-electron chi connectivity index (χ4n) is 2.46. The molecule has 1 aliphatic rings. The average Bonchev–Trinajstić information content (AvgIpc) is 3.22. The van der Waals surface area contributed by atoms with Gasteiger partial charge in [-0.2, -0.15) is 0 Å². The van der Waals surface area contributed by atoms with Gasteiger partial charge in [-0.1, -0.05) is 13.8 Å². The summed E-state index contributed by atoms with van der Waals surface area (Å²) in [5.74, 6) is -0.0915. The van der Waals surface area contributed by atoms with Crippen LogP contribution in [0.4, 0.5) is 10.8 Å². The second kappa shape index (κ2) is 7.61. The van der Waals surface area contributed by atoms with Crippen molar-refractivity contribution in [2.24, 2.45) is 5.92 Å². The molecule has 0 saturated heterocycles. The van der Waals surface area contributed by atoms with Gasteiger partial charge in [0.15, 0.2) is 16.6 Å². The Kier molecular flexibility index (Phi) is 5.27. The molecule has 0 spiro atoms. The average molecular weight is 377 g/mol. The highest BCUT2D eigenvalue weighted by atomic mass is 32.1. The summed E-state index contributed by atoms with van der Waals surface area (Å²) in [6, 6.07) is 4.45. The fourth-order valence-corrected chi connectivity index (χ4v) is 3.17. The Hall–Kier alpha value is -2.81. The van der Waals surface area contributed by atoms with Crippen molar-refractivity contribution >= 4 is 34.0 Å². The molecule has 3 rings (SSSR count). The van der Waals surface area contributed by atoms with Gasteiger partial charge in [0.25, 0.3) is 5.91 Å². The summed E-state index contributed by atoms with van der Waals surface area (Å²) in [5.41, 5.74) is 0.923. The molecule has 2 aromatic rings. The van der Waals surface area contributed by atoms with E-state index in [0.29, 0.717) is 23.1 Å². The SMILES string of the molecule is CC(C)CC(NC(=O)c1csc(Nc2ccc3c(c2)OCO3)n1)C(=O)O. The van der Waals surface area contributed by atoms with Crippen LogP contribution in [0.1, 0.15) is 30.8 Å². The molecule has 0 bridgehead atoms. The zero-order chi connectivity index (χ0) is 18.7. The largest absolute Gasteiger partial charge is 0.480 e. The van der Waals surface area contributed by atoms with Crippen molar-refractivity contribution in [1.82, 2.24) is 10.3 Å². The number of carboxylic acid groups (broad SMARTS) is 1. The number of amides is 1. The molecule has 1 aliphatic heterocycles. The molecular weight excluding hydrogens is 358 g/mol. The number of anilines is 2. The topological polar surface area (TPSA) is 110 Å². The quantitative estimate of drug-likeness (QED) is 0.680. The summed E-state index contributed by atoms with van der Waals surface area (Å²) in [4.78, 5) is 27.8. The number of hydrogen-bond acceptors (Lipinski definition) is 7. The first-order valence-corrected chi connectivity index (χ1v) is 8.96. The van der Waals surface area contributed by atoms with Crippen LogP contribution < -0.4 is 20.1 Å². The third-order valence-corrected chi connectivity index (χ3v) is 4.43. The van der Waals surface area contributed by atoms with Crippen LogP contribution in [0.5, 0.6) is 11.5 Å². The van der Waals surface area contributed by atoms with Crippen molar-refractivity contribution < 1.29 is 24.2 Å². The highest BCUT2D eigenvalue weighted by Crippen LogP contribution is 2.35. The summed E-state index contributed by atoms with van der Waals surface area (Å²) in [6.45, 7) is 4.00. The zero-order valence-corrected chi connectivity index (χ0v) is 15.1. The van der Waals surface area contributed by atoms with E-state index in [0.717, 1.165) is 5.69 Å². The van der Waals surface area contributed by atoms with Crippen molar-refractivity contribution in [3.8, 4) is 11.5 Å². The molecule has 1 amide bonds. The monoisotopic (exact) mass is 377 g/mol. The third kappa shape index (κ3) is 4.23. The van der Waals surface area contributed by atoms with Gasteiger partial charge < -0.3 is 25.2 Å². The molecule has 3 N–H and O–H groups in total. The van der Waals surface area contributed by atoms with Crippen molar-refractivity contribution in [3.05, 3.63) is 29.3 Å². The Morgan fingerprint density at radius 3 is 2.81 bits per heavy atom. The first kappa shape index (κ1) is 18.0. The lowest BCUT2D eigenvalue weighted by molar-refractivity contribution is -0.139. The van der Waals surface area contributed by atoms with Crippen LogP contribution >= 0.6 is 11.3 Å². The lowest BCUT2D eigenvalue weighted by Crippen LogP contribution is -2.41. The lowest BCUT2D eigenvalue weighted by Gasteiger charge is -2.15. The number of hydrogen-bond donors (Lipinski definition) is 3. The number of benzene rings is 1. The molecule has 0 aliphatic carbocycles. The number of carboxylic acids is 1. The second-order valence-corrected chi connectivity index (χ2v) is 7.08. The molecule has 1 aromatic heterocycles. The normalized spacial score (nSPS) is 13.5. The number of aliphatic carboxylic acids is 1. The van der Waals surface area contributed by atoms with Crippen molar-refractivity contribution in [1.29, 1.82) is 0 Å². The maximum Gasteiger partial charge on any atom is 0.326 e. The maximum absolute atomic E-state index is 12.3. The van der Waals surface area contributed by atoms with E-state index >= 15 is 0 Å². The molecule has 0 saturated carbocycles. The summed E-state index contributed by atoms with van der Waals surface area (Å²) < 4.78 is 10.6. The number of aromatic nitrogens is 1. The number of rotatable bonds is 7. The molecule has 26 heavy (non-hydrogen) atoms. The van der Waals surface area contributed by atoms with Crippen LogP contribution in [0.25, 0.3) is 0 Å². The van der Waals surface area contributed by atoms with Crippen LogP contribution in [0.3, 0.4) is 0 Å². The van der Waals surface area contributed by atoms with E-state index in [4.69, 9.17) is 9.47 Å². The van der Waals surface area contributed by atoms with Gasteiger partial charge in [0.2, 0.25) is 6.79 Å². The van der Waals surface area contributed by atoms with E-state index in [1.54, 1.807) is 17.5 Å². The van der Waals surface area contributed by atoms with Gasteiger partial charge in [-0.3, -0.25) is 4.79 Å². The summed E-state index contributed by atoms with van der Waals surface area (Å²) in [6.07, 6.45) is 0.355. The van der Waals surface area contributed by atoms with Gasteiger partial charge in [-0.25, -0.2) is 9.78 Å². The molecule has 138 valence electrons. The van der Waals surface area contributed by atoms with E-state index in [1.807, 2.05) is 19.9 Å². The fraction of sp³-hybridized carbons (Fsp3) is 0.353. The Morgan fingerprint density at radius 2 is 2.08 bits per heavy atom. The molecule has 2 heterocycles. The molecule has 0 fully saturated rings. The number of nitrogens with zero attached hydrogens (tertiary/aromatic N) is 1. The van der Waals surface area contributed by atoms with E-state index in [-0.39, 0.29) is 18.4 Å². The minimum absolute atomic E-state index is 0.148. The van der Waals surface area contributed by atoms with Crippen LogP contribution in [0.2, 0.25) is 0 Å². The van der Waals surface area contributed by atoms with Gasteiger partial charge in [0, 0.05) is 17.1 Å². The van der Waals surface area contributed by atoms with Gasteiger partial charge in [0.1, 0.15) is 11.7 Å². The molecule has 9 heteroatoms. The lowest BCUT2D eigenvalue weighted by atomic mass is 10.0. The van der Waals surface area contributed by atoms with Crippen molar-refractivity contribution in [2.75, 3.05) is 12.1 Å². The first-order chi connectivity index (χ1) is 12.4. The van der Waals surface area contributed by atoms with Gasteiger partial charge in [0.05, 0.1) is 0 Å². The first-order valence-electron chi connectivity index (χ1n) is 8.08. The van der Waals surface area contributed by atoms with Gasteiger partial charge in [-0.15, -0.1) is 11.3 Å². The van der Waals surface area contributed by atoms with Gasteiger partial charge in [-0.05, 0) is 24.5 Å². The van der Waals surface area contributed by atoms with Crippen LogP contribution in [-0.4, -0.2) is 34.8 Å². The predicted octanol–water partition coefficient (Wildman–Crippen LogP) is 2.84. The zero-order valence-electron chi connectivity index (χ0n) is 14.3. The van der Waals surface area contributed by atoms with E-state index in [2.05, 4.69) is 15.6 Å². The Balaban J connectivity index is 1.65.